The van der Waals surface area contributed by atoms with Gasteiger partial charge < -0.3 is 10.1 Å². The second kappa shape index (κ2) is 9.90. The van der Waals surface area contributed by atoms with Crippen LogP contribution in [0.2, 0.25) is 0 Å². The van der Waals surface area contributed by atoms with Gasteiger partial charge in [0.15, 0.2) is 5.11 Å². The van der Waals surface area contributed by atoms with Gasteiger partial charge in [0.25, 0.3) is 0 Å². The van der Waals surface area contributed by atoms with Crippen molar-refractivity contribution in [1.82, 2.24) is 5.43 Å². The van der Waals surface area contributed by atoms with E-state index in [1.54, 1.807) is 7.11 Å². The molecule has 0 bridgehead atoms. The summed E-state index contributed by atoms with van der Waals surface area (Å²) in [4.78, 5) is 0. The fourth-order valence-electron chi connectivity index (χ4n) is 2.08. The van der Waals surface area contributed by atoms with Gasteiger partial charge in [0.2, 0.25) is 0 Å². The summed E-state index contributed by atoms with van der Waals surface area (Å²) < 4.78 is 5.13. The van der Waals surface area contributed by atoms with Gasteiger partial charge in [0.1, 0.15) is 5.75 Å². The first kappa shape index (κ1) is 18.2. The average Bonchev–Trinajstić information content (AvgIpc) is 2.63. The summed E-state index contributed by atoms with van der Waals surface area (Å²) in [5.41, 5.74) is 5.75. The van der Waals surface area contributed by atoms with Crippen LogP contribution in [0.25, 0.3) is 0 Å². The van der Waals surface area contributed by atoms with Crippen molar-refractivity contribution >= 4 is 40.3 Å². The SMILES string of the molecule is COc1ccc(NC(=S)NN=C(CCCCl)c2ccccc2)cc1. The monoisotopic (exact) mass is 361 g/mol. The van der Waals surface area contributed by atoms with Crippen molar-refractivity contribution in [1.29, 1.82) is 0 Å². The van der Waals surface area contributed by atoms with E-state index in [-0.39, 0.29) is 0 Å². The van der Waals surface area contributed by atoms with Crippen LogP contribution in [0.4, 0.5) is 5.69 Å². The molecule has 0 saturated carbocycles. The Balaban J connectivity index is 2.00. The number of hydrazone groups is 1. The number of thiocarbonyl (C=S) groups is 1. The fourth-order valence-corrected chi connectivity index (χ4v) is 2.38. The lowest BCUT2D eigenvalue weighted by Gasteiger charge is -2.10. The first-order valence-corrected chi connectivity index (χ1v) is 8.56. The number of alkyl halides is 1. The lowest BCUT2D eigenvalue weighted by molar-refractivity contribution is 0.415. The number of rotatable bonds is 7. The predicted molar refractivity (Wildman–Crippen MR) is 105 cm³/mol. The maximum Gasteiger partial charge on any atom is 0.191 e. The van der Waals surface area contributed by atoms with Crippen LogP contribution in [0.5, 0.6) is 5.75 Å². The third-order valence-electron chi connectivity index (χ3n) is 3.29. The maximum absolute atomic E-state index is 5.80. The van der Waals surface area contributed by atoms with Crippen LogP contribution >= 0.6 is 23.8 Å². The second-order valence-electron chi connectivity index (χ2n) is 5.01. The van der Waals surface area contributed by atoms with E-state index in [0.717, 1.165) is 35.6 Å². The van der Waals surface area contributed by atoms with Gasteiger partial charge in [0.05, 0.1) is 12.8 Å². The second-order valence-corrected chi connectivity index (χ2v) is 5.80. The van der Waals surface area contributed by atoms with Crippen LogP contribution in [0.1, 0.15) is 18.4 Å². The first-order chi connectivity index (χ1) is 11.7. The number of methoxy groups -OCH3 is 1. The van der Waals surface area contributed by atoms with Crippen molar-refractivity contribution < 1.29 is 4.74 Å². The summed E-state index contributed by atoms with van der Waals surface area (Å²) in [5.74, 6) is 1.39. The molecular weight excluding hydrogens is 342 g/mol. The van der Waals surface area contributed by atoms with E-state index in [9.17, 15) is 0 Å². The molecule has 0 spiro atoms. The van der Waals surface area contributed by atoms with Crippen LogP contribution in [0, 0.1) is 0 Å². The Hall–Kier alpha value is -2.11. The maximum atomic E-state index is 5.80. The number of hydrogen-bond donors (Lipinski definition) is 2. The van der Waals surface area contributed by atoms with Crippen LogP contribution in [0.15, 0.2) is 59.7 Å². The molecule has 2 N–H and O–H groups in total. The van der Waals surface area contributed by atoms with Crippen LogP contribution in [0.3, 0.4) is 0 Å². The summed E-state index contributed by atoms with van der Waals surface area (Å²) >= 11 is 11.1. The molecule has 0 amide bonds. The molecule has 0 fully saturated rings. The highest BCUT2D eigenvalue weighted by atomic mass is 35.5. The average molecular weight is 362 g/mol. The highest BCUT2D eigenvalue weighted by Gasteiger charge is 2.04. The van der Waals surface area contributed by atoms with Gasteiger partial charge in [-0.05, 0) is 54.9 Å². The van der Waals surface area contributed by atoms with E-state index in [1.165, 1.54) is 0 Å². The summed E-state index contributed by atoms with van der Waals surface area (Å²) in [5, 5.41) is 7.96. The molecular formula is C18H20ClN3OS. The number of halogens is 1. The van der Waals surface area contributed by atoms with Crippen molar-refractivity contribution in [3.8, 4) is 5.75 Å². The summed E-state index contributed by atoms with van der Waals surface area (Å²) in [7, 11) is 1.63. The lowest BCUT2D eigenvalue weighted by Crippen LogP contribution is -2.25. The van der Waals surface area contributed by atoms with E-state index in [2.05, 4.69) is 15.8 Å². The molecule has 0 heterocycles. The molecule has 24 heavy (non-hydrogen) atoms. The minimum absolute atomic E-state index is 0.430. The molecule has 6 heteroatoms. The van der Waals surface area contributed by atoms with Crippen molar-refractivity contribution in [3.63, 3.8) is 0 Å². The highest BCUT2D eigenvalue weighted by molar-refractivity contribution is 7.80. The zero-order valence-corrected chi connectivity index (χ0v) is 15.0. The summed E-state index contributed by atoms with van der Waals surface area (Å²) in [6, 6.07) is 17.5. The van der Waals surface area contributed by atoms with Crippen molar-refractivity contribution in [2.75, 3.05) is 18.3 Å². The van der Waals surface area contributed by atoms with Gasteiger partial charge >= 0.3 is 0 Å². The smallest absolute Gasteiger partial charge is 0.191 e. The lowest BCUT2D eigenvalue weighted by atomic mass is 10.1. The number of nitrogens with one attached hydrogen (secondary N) is 2. The normalized spacial score (nSPS) is 11.0. The molecule has 2 aromatic rings. The number of ether oxygens (including phenoxy) is 1. The molecule has 0 atom stereocenters. The van der Waals surface area contributed by atoms with E-state index in [4.69, 9.17) is 28.6 Å². The molecule has 2 rings (SSSR count). The van der Waals surface area contributed by atoms with E-state index in [0.29, 0.717) is 11.0 Å². The highest BCUT2D eigenvalue weighted by Crippen LogP contribution is 2.14. The third-order valence-corrected chi connectivity index (χ3v) is 3.76. The molecule has 4 nitrogen and oxygen atoms in total. The molecule has 0 saturated heterocycles. The van der Waals surface area contributed by atoms with Gasteiger partial charge in [-0.3, -0.25) is 5.43 Å². The van der Waals surface area contributed by atoms with Gasteiger partial charge in [-0.2, -0.15) is 5.10 Å². The van der Waals surface area contributed by atoms with Gasteiger partial charge in [-0.15, -0.1) is 11.6 Å². The number of anilines is 1. The molecule has 0 aliphatic carbocycles. The Morgan fingerprint density at radius 3 is 2.46 bits per heavy atom. The number of nitrogens with zero attached hydrogens (tertiary/aromatic N) is 1. The quantitative estimate of drug-likeness (QED) is 0.332. The molecule has 0 aliphatic rings. The van der Waals surface area contributed by atoms with Crippen LogP contribution in [-0.2, 0) is 0 Å². The standard InChI is InChI=1S/C18H20ClN3OS/c1-23-16-11-9-15(10-12-16)20-18(24)22-21-17(8-5-13-19)14-6-3-2-4-7-14/h2-4,6-7,9-12H,5,8,13H2,1H3,(H2,20,22,24). The van der Waals surface area contributed by atoms with Gasteiger partial charge in [0, 0.05) is 11.6 Å². The number of hydrogen-bond acceptors (Lipinski definition) is 3. The van der Waals surface area contributed by atoms with Gasteiger partial charge in [-0.1, -0.05) is 30.3 Å². The zero-order chi connectivity index (χ0) is 17.2. The molecule has 0 aliphatic heterocycles. The van der Waals surface area contributed by atoms with E-state index < -0.39 is 0 Å². The largest absolute Gasteiger partial charge is 0.497 e. The Labute approximate surface area is 152 Å². The molecule has 0 aromatic heterocycles. The molecule has 2 aromatic carbocycles. The Morgan fingerprint density at radius 2 is 1.83 bits per heavy atom. The molecule has 126 valence electrons. The first-order valence-electron chi connectivity index (χ1n) is 7.62. The van der Waals surface area contributed by atoms with Crippen molar-refractivity contribution in [2.24, 2.45) is 5.10 Å². The van der Waals surface area contributed by atoms with E-state index in [1.807, 2.05) is 54.6 Å². The minimum atomic E-state index is 0.430. The Kier molecular flexibility index (Phi) is 7.52. The van der Waals surface area contributed by atoms with E-state index >= 15 is 0 Å². The van der Waals surface area contributed by atoms with Crippen LogP contribution in [-0.4, -0.2) is 23.8 Å². The topological polar surface area (TPSA) is 45.6 Å². The minimum Gasteiger partial charge on any atom is -0.497 e. The van der Waals surface area contributed by atoms with Crippen molar-refractivity contribution in [3.05, 3.63) is 60.2 Å². The zero-order valence-electron chi connectivity index (χ0n) is 13.5. The number of benzene rings is 2. The Bertz CT molecular complexity index is 674. The summed E-state index contributed by atoms with van der Waals surface area (Å²) in [6.45, 7) is 0. The summed E-state index contributed by atoms with van der Waals surface area (Å²) in [6.07, 6.45) is 1.64. The third kappa shape index (κ3) is 5.83. The molecule has 0 unspecified atom stereocenters. The molecule has 0 radical (unpaired) electrons. The predicted octanol–water partition coefficient (Wildman–Crippen LogP) is 4.40. The van der Waals surface area contributed by atoms with Gasteiger partial charge in [-0.25, -0.2) is 0 Å². The fraction of sp³-hybridized carbons (Fsp3) is 0.222. The Morgan fingerprint density at radius 1 is 1.12 bits per heavy atom. The van der Waals surface area contributed by atoms with Crippen LogP contribution < -0.4 is 15.5 Å². The van der Waals surface area contributed by atoms with Crippen molar-refractivity contribution in [2.45, 2.75) is 12.8 Å².